The molecule has 0 aromatic heterocycles. The summed E-state index contributed by atoms with van der Waals surface area (Å²) in [5.74, 6) is 1.39. The summed E-state index contributed by atoms with van der Waals surface area (Å²) in [6.45, 7) is 6.17. The first-order chi connectivity index (χ1) is 16.5. The van der Waals surface area contributed by atoms with Gasteiger partial charge in [-0.25, -0.2) is 5.43 Å². The average Bonchev–Trinajstić information content (AvgIpc) is 2.85. The Balaban J connectivity index is 1.62. The lowest BCUT2D eigenvalue weighted by atomic mass is 10.1. The molecule has 3 rings (SSSR count). The molecule has 0 fully saturated rings. The normalized spacial score (nSPS) is 11.5. The van der Waals surface area contributed by atoms with Crippen LogP contribution in [-0.4, -0.2) is 24.8 Å². The van der Waals surface area contributed by atoms with Gasteiger partial charge in [-0.15, -0.1) is 0 Å². The van der Waals surface area contributed by atoms with Gasteiger partial charge in [0.15, 0.2) is 17.6 Å². The Labute approximate surface area is 199 Å². The maximum atomic E-state index is 12.3. The molecule has 3 aromatic rings. The highest BCUT2D eigenvalue weighted by Crippen LogP contribution is 2.29. The lowest BCUT2D eigenvalue weighted by Gasteiger charge is -2.14. The van der Waals surface area contributed by atoms with Gasteiger partial charge in [-0.2, -0.15) is 10.4 Å². The Morgan fingerprint density at radius 2 is 1.82 bits per heavy atom. The van der Waals surface area contributed by atoms with Gasteiger partial charge in [0.2, 0.25) is 0 Å². The van der Waals surface area contributed by atoms with Crippen LogP contribution in [0.4, 0.5) is 0 Å². The molecule has 0 radical (unpaired) electrons. The van der Waals surface area contributed by atoms with Crippen molar-refractivity contribution in [1.82, 2.24) is 5.43 Å². The molecular formula is C27H27N3O4. The molecule has 0 aliphatic rings. The molecule has 0 bridgehead atoms. The van der Waals surface area contributed by atoms with Gasteiger partial charge < -0.3 is 14.2 Å². The van der Waals surface area contributed by atoms with Crippen LogP contribution in [0.5, 0.6) is 17.2 Å². The Bertz CT molecular complexity index is 1200. The molecule has 1 atom stereocenters. The van der Waals surface area contributed by atoms with E-state index in [1.54, 1.807) is 31.2 Å². The minimum absolute atomic E-state index is 0.242. The van der Waals surface area contributed by atoms with Gasteiger partial charge in [-0.3, -0.25) is 4.79 Å². The third-order valence-electron chi connectivity index (χ3n) is 4.94. The van der Waals surface area contributed by atoms with Crippen LogP contribution in [0.25, 0.3) is 0 Å². The zero-order valence-electron chi connectivity index (χ0n) is 19.4. The molecule has 0 aliphatic carbocycles. The highest BCUT2D eigenvalue weighted by Gasteiger charge is 2.15. The summed E-state index contributed by atoms with van der Waals surface area (Å²) < 4.78 is 17.3. The number of para-hydroxylation sites is 1. The Morgan fingerprint density at radius 3 is 2.59 bits per heavy atom. The number of hydrazone groups is 1. The number of amides is 1. The molecule has 0 heterocycles. The number of hydrogen-bond donors (Lipinski definition) is 1. The van der Waals surface area contributed by atoms with Crippen molar-refractivity contribution < 1.29 is 19.0 Å². The van der Waals surface area contributed by atoms with Crippen molar-refractivity contribution >= 4 is 12.1 Å². The third kappa shape index (κ3) is 6.59. The molecule has 7 heteroatoms. The van der Waals surface area contributed by atoms with E-state index in [2.05, 4.69) is 16.6 Å². The van der Waals surface area contributed by atoms with E-state index >= 15 is 0 Å². The number of hydrogen-bond acceptors (Lipinski definition) is 6. The maximum absolute atomic E-state index is 12.3. The predicted octanol–water partition coefficient (Wildman–Crippen LogP) is 4.76. The molecular weight excluding hydrogens is 430 g/mol. The summed E-state index contributed by atoms with van der Waals surface area (Å²) in [6.07, 6.45) is 0.819. The van der Waals surface area contributed by atoms with Crippen LogP contribution >= 0.6 is 0 Å². The Kier molecular flexibility index (Phi) is 8.64. The van der Waals surface area contributed by atoms with Crippen molar-refractivity contribution in [2.24, 2.45) is 5.10 Å². The van der Waals surface area contributed by atoms with Crippen molar-refractivity contribution in [2.75, 3.05) is 6.61 Å². The number of nitrogens with zero attached hydrogens (tertiary/aromatic N) is 2. The predicted molar refractivity (Wildman–Crippen MR) is 130 cm³/mol. The summed E-state index contributed by atoms with van der Waals surface area (Å²) in [5.41, 5.74) is 5.54. The number of ether oxygens (including phenoxy) is 3. The first-order valence-corrected chi connectivity index (χ1v) is 10.9. The number of carbonyl (C=O) groups is 1. The van der Waals surface area contributed by atoms with E-state index in [4.69, 9.17) is 14.2 Å². The van der Waals surface area contributed by atoms with Gasteiger partial charge in [0.1, 0.15) is 12.4 Å². The average molecular weight is 458 g/mol. The van der Waals surface area contributed by atoms with E-state index in [1.165, 1.54) is 6.21 Å². The number of rotatable bonds is 10. The molecule has 174 valence electrons. The van der Waals surface area contributed by atoms with Gasteiger partial charge in [0.25, 0.3) is 5.91 Å². The summed E-state index contributed by atoms with van der Waals surface area (Å²) in [6, 6.07) is 22.3. The number of nitriles is 1. The quantitative estimate of drug-likeness (QED) is 0.350. The van der Waals surface area contributed by atoms with Crippen LogP contribution in [0.15, 0.2) is 71.8 Å². The van der Waals surface area contributed by atoms with Crippen molar-refractivity contribution in [2.45, 2.75) is 33.5 Å². The molecule has 0 spiro atoms. The van der Waals surface area contributed by atoms with E-state index in [1.807, 2.05) is 56.3 Å². The molecule has 34 heavy (non-hydrogen) atoms. The molecule has 3 aromatic carbocycles. The number of carbonyl (C=O) groups excluding carboxylic acids is 1. The fraction of sp³-hybridized carbons (Fsp3) is 0.222. The first kappa shape index (κ1) is 24.3. The minimum Gasteiger partial charge on any atom is -0.490 e. The van der Waals surface area contributed by atoms with Crippen LogP contribution in [0.1, 0.15) is 36.1 Å². The van der Waals surface area contributed by atoms with Crippen LogP contribution in [-0.2, 0) is 11.4 Å². The monoisotopic (exact) mass is 457 g/mol. The summed E-state index contributed by atoms with van der Waals surface area (Å²) in [5, 5.41) is 13.3. The second-order valence-electron chi connectivity index (χ2n) is 7.46. The lowest BCUT2D eigenvalue weighted by molar-refractivity contribution is -0.127. The fourth-order valence-corrected chi connectivity index (χ4v) is 3.10. The van der Waals surface area contributed by atoms with Crippen LogP contribution in [0.2, 0.25) is 0 Å². The summed E-state index contributed by atoms with van der Waals surface area (Å²) >= 11 is 0. The van der Waals surface area contributed by atoms with E-state index in [9.17, 15) is 10.1 Å². The number of nitrogens with one attached hydrogen (secondary N) is 1. The Morgan fingerprint density at radius 1 is 1.06 bits per heavy atom. The van der Waals surface area contributed by atoms with Crippen LogP contribution in [0.3, 0.4) is 0 Å². The van der Waals surface area contributed by atoms with Crippen molar-refractivity contribution in [3.8, 4) is 23.3 Å². The SMILES string of the molecule is CCOc1cc(/C=N/NC(=O)C(C)Oc2ccccc2C)ccc1OCc1ccccc1C#N. The molecule has 0 saturated heterocycles. The van der Waals surface area contributed by atoms with Crippen LogP contribution in [0, 0.1) is 18.3 Å². The summed E-state index contributed by atoms with van der Waals surface area (Å²) in [4.78, 5) is 12.3. The second kappa shape index (κ2) is 12.1. The van der Waals surface area contributed by atoms with Gasteiger partial charge in [0.05, 0.1) is 24.5 Å². The number of benzene rings is 3. The van der Waals surface area contributed by atoms with Gasteiger partial charge in [-0.05, 0) is 62.2 Å². The zero-order valence-corrected chi connectivity index (χ0v) is 19.4. The lowest BCUT2D eigenvalue weighted by Crippen LogP contribution is -2.33. The van der Waals surface area contributed by atoms with Gasteiger partial charge >= 0.3 is 0 Å². The molecule has 7 nitrogen and oxygen atoms in total. The standard InChI is InChI=1S/C27H27N3O4/c1-4-32-26-15-21(13-14-25(26)33-18-23-11-7-6-10-22(23)16-28)17-29-30-27(31)20(3)34-24-12-8-5-9-19(24)2/h5-15,17,20H,4,18H2,1-3H3,(H,30,31)/b29-17+. The van der Waals surface area contributed by atoms with Gasteiger partial charge in [0, 0.05) is 5.56 Å². The molecule has 1 amide bonds. The maximum Gasteiger partial charge on any atom is 0.280 e. The summed E-state index contributed by atoms with van der Waals surface area (Å²) in [7, 11) is 0. The second-order valence-corrected chi connectivity index (χ2v) is 7.46. The van der Waals surface area contributed by atoms with E-state index in [0.29, 0.717) is 29.4 Å². The van der Waals surface area contributed by atoms with E-state index in [-0.39, 0.29) is 12.5 Å². The van der Waals surface area contributed by atoms with Crippen molar-refractivity contribution in [3.05, 3.63) is 89.0 Å². The van der Waals surface area contributed by atoms with Gasteiger partial charge in [-0.1, -0.05) is 36.4 Å². The van der Waals surface area contributed by atoms with Crippen molar-refractivity contribution in [1.29, 1.82) is 5.26 Å². The molecule has 1 unspecified atom stereocenters. The number of aryl methyl sites for hydroxylation is 1. The third-order valence-corrected chi connectivity index (χ3v) is 4.94. The largest absolute Gasteiger partial charge is 0.490 e. The molecule has 1 N–H and O–H groups in total. The van der Waals surface area contributed by atoms with E-state index < -0.39 is 6.10 Å². The molecule has 0 aliphatic heterocycles. The highest BCUT2D eigenvalue weighted by molar-refractivity contribution is 5.85. The highest BCUT2D eigenvalue weighted by atomic mass is 16.5. The first-order valence-electron chi connectivity index (χ1n) is 10.9. The topological polar surface area (TPSA) is 92.9 Å². The minimum atomic E-state index is -0.704. The molecule has 0 saturated carbocycles. The smallest absolute Gasteiger partial charge is 0.280 e. The zero-order chi connectivity index (χ0) is 24.3. The van der Waals surface area contributed by atoms with Crippen molar-refractivity contribution in [3.63, 3.8) is 0 Å². The van der Waals surface area contributed by atoms with E-state index in [0.717, 1.165) is 16.7 Å². The Hall–Kier alpha value is -4.31. The fourth-order valence-electron chi connectivity index (χ4n) is 3.10. The van der Waals surface area contributed by atoms with Crippen LogP contribution < -0.4 is 19.6 Å².